The summed E-state index contributed by atoms with van der Waals surface area (Å²) in [5.41, 5.74) is 1.76. The molecule has 2 heterocycles. The molecule has 6 heteroatoms. The molecule has 2 aromatic heterocycles. The molecule has 0 aliphatic rings. The molecule has 22 heavy (non-hydrogen) atoms. The number of fused-ring (bicyclic) bond motifs is 1. The lowest BCUT2D eigenvalue weighted by Crippen LogP contribution is -2.16. The summed E-state index contributed by atoms with van der Waals surface area (Å²) in [5.74, 6) is 0.324. The van der Waals surface area contributed by atoms with Crippen LogP contribution in [0.5, 0.6) is 5.75 Å². The molecule has 0 aliphatic heterocycles. The highest BCUT2D eigenvalue weighted by molar-refractivity contribution is 5.95. The van der Waals surface area contributed by atoms with Crippen LogP contribution in [-0.4, -0.2) is 33.6 Å². The zero-order valence-electron chi connectivity index (χ0n) is 12.5. The van der Waals surface area contributed by atoms with Crippen LogP contribution < -0.4 is 4.74 Å². The topological polar surface area (TPSA) is 79.6 Å². The Morgan fingerprint density at radius 3 is 3.05 bits per heavy atom. The van der Waals surface area contributed by atoms with Crippen LogP contribution in [0.15, 0.2) is 30.2 Å². The van der Waals surface area contributed by atoms with Gasteiger partial charge in [-0.05, 0) is 31.9 Å². The zero-order chi connectivity index (χ0) is 16.1. The third-order valence-corrected chi connectivity index (χ3v) is 3.18. The summed E-state index contributed by atoms with van der Waals surface area (Å²) >= 11 is 0. The highest BCUT2D eigenvalue weighted by Gasteiger charge is 2.09. The quantitative estimate of drug-likeness (QED) is 0.633. The molecule has 1 unspecified atom stereocenters. The Morgan fingerprint density at radius 2 is 2.41 bits per heavy atom. The predicted molar refractivity (Wildman–Crippen MR) is 82.3 cm³/mol. The molecule has 1 atom stereocenters. The fourth-order valence-electron chi connectivity index (χ4n) is 2.02. The minimum absolute atomic E-state index is 0.0757. The number of aromatic nitrogens is 2. The van der Waals surface area contributed by atoms with Crippen molar-refractivity contribution < 1.29 is 14.6 Å². The van der Waals surface area contributed by atoms with E-state index in [-0.39, 0.29) is 24.2 Å². The van der Waals surface area contributed by atoms with Gasteiger partial charge < -0.3 is 19.6 Å². The summed E-state index contributed by atoms with van der Waals surface area (Å²) in [6, 6.07) is 1.83. The molecule has 2 aromatic rings. The molecular weight excluding hydrogens is 282 g/mol. The van der Waals surface area contributed by atoms with Crippen molar-refractivity contribution >= 4 is 16.8 Å². The van der Waals surface area contributed by atoms with E-state index in [4.69, 9.17) is 16.4 Å². The highest BCUT2D eigenvalue weighted by atomic mass is 16.5. The van der Waals surface area contributed by atoms with E-state index in [1.54, 1.807) is 25.4 Å². The van der Waals surface area contributed by atoms with Crippen LogP contribution in [0.4, 0.5) is 0 Å². The van der Waals surface area contributed by atoms with Crippen LogP contribution in [0, 0.1) is 6.57 Å². The number of nitrogens with zero attached hydrogens (tertiary/aromatic N) is 2. The number of carbonyl (C=O) groups is 1. The molecule has 2 N–H and O–H groups in total. The second-order valence-corrected chi connectivity index (χ2v) is 4.95. The number of aliphatic hydroxyl groups is 1. The minimum Gasteiger partial charge on any atom is -0.487 e. The van der Waals surface area contributed by atoms with Crippen molar-refractivity contribution in [2.24, 2.45) is 0 Å². The summed E-state index contributed by atoms with van der Waals surface area (Å²) in [7, 11) is 0. The Labute approximate surface area is 128 Å². The fourth-order valence-corrected chi connectivity index (χ4v) is 2.02. The van der Waals surface area contributed by atoms with E-state index in [1.807, 2.05) is 6.07 Å². The second-order valence-electron chi connectivity index (χ2n) is 4.95. The molecule has 6 nitrogen and oxygen atoms in total. The van der Waals surface area contributed by atoms with E-state index in [0.717, 1.165) is 10.9 Å². The third kappa shape index (κ3) is 3.51. The van der Waals surface area contributed by atoms with Crippen LogP contribution in [0.25, 0.3) is 15.9 Å². The van der Waals surface area contributed by atoms with Crippen molar-refractivity contribution in [1.29, 1.82) is 0 Å². The number of hydrogen-bond acceptors (Lipinski definition) is 4. The first kappa shape index (κ1) is 15.7. The molecular formula is C16H17N3O3. The second kappa shape index (κ2) is 6.87. The van der Waals surface area contributed by atoms with Crippen molar-refractivity contribution in [3.8, 4) is 5.75 Å². The van der Waals surface area contributed by atoms with Gasteiger partial charge in [-0.1, -0.05) is 6.08 Å². The molecule has 0 saturated carbocycles. The van der Waals surface area contributed by atoms with E-state index in [9.17, 15) is 4.79 Å². The van der Waals surface area contributed by atoms with Gasteiger partial charge in [-0.15, -0.1) is 0 Å². The number of Topliss-reactive ketones (excluding diaryl/α,β-unsaturated/α-hetero) is 1. The van der Waals surface area contributed by atoms with Crippen LogP contribution in [0.1, 0.15) is 19.4 Å². The molecule has 0 saturated heterocycles. The van der Waals surface area contributed by atoms with Gasteiger partial charge in [0.2, 0.25) is 5.70 Å². The highest BCUT2D eigenvalue weighted by Crippen LogP contribution is 2.23. The molecule has 0 spiro atoms. The number of rotatable bonds is 6. The Morgan fingerprint density at radius 1 is 1.64 bits per heavy atom. The van der Waals surface area contributed by atoms with E-state index in [0.29, 0.717) is 17.8 Å². The normalized spacial score (nSPS) is 12.9. The monoisotopic (exact) mass is 299 g/mol. The van der Waals surface area contributed by atoms with Crippen molar-refractivity contribution in [2.75, 3.05) is 6.61 Å². The predicted octanol–water partition coefficient (Wildman–Crippen LogP) is 2.26. The minimum atomic E-state index is -0.312. The first-order valence-electron chi connectivity index (χ1n) is 6.87. The number of nitrogens with one attached hydrogen (secondary N) is 1. The van der Waals surface area contributed by atoms with Gasteiger partial charge in [-0.2, -0.15) is 0 Å². The molecule has 0 bridgehead atoms. The first-order valence-corrected chi connectivity index (χ1v) is 6.87. The van der Waals surface area contributed by atoms with E-state index in [2.05, 4.69) is 14.8 Å². The number of H-pyrrole nitrogens is 1. The van der Waals surface area contributed by atoms with E-state index < -0.39 is 0 Å². The van der Waals surface area contributed by atoms with Gasteiger partial charge in [0.25, 0.3) is 0 Å². The smallest absolute Gasteiger partial charge is 0.225 e. The number of pyridine rings is 1. The van der Waals surface area contributed by atoms with Crippen LogP contribution >= 0.6 is 0 Å². The molecule has 0 amide bonds. The SMILES string of the molecule is [C-]#[N+]/C(=C\Cc1c[nH]c2ncc(OC(C)CO)cc12)C(C)=O. The van der Waals surface area contributed by atoms with Gasteiger partial charge in [-0.25, -0.2) is 9.83 Å². The average Bonchev–Trinajstić information content (AvgIpc) is 2.90. The number of aromatic amines is 1. The lowest BCUT2D eigenvalue weighted by Gasteiger charge is -2.11. The average molecular weight is 299 g/mol. The van der Waals surface area contributed by atoms with Crippen LogP contribution in [-0.2, 0) is 11.2 Å². The number of aliphatic hydroxyl groups excluding tert-OH is 1. The van der Waals surface area contributed by atoms with Crippen molar-refractivity contribution in [1.82, 2.24) is 9.97 Å². The van der Waals surface area contributed by atoms with Gasteiger partial charge in [0.05, 0.1) is 19.4 Å². The maximum atomic E-state index is 11.3. The Hall–Kier alpha value is -2.65. The number of ether oxygens (including phenoxy) is 1. The van der Waals surface area contributed by atoms with Crippen molar-refractivity contribution in [2.45, 2.75) is 26.4 Å². The fraction of sp³-hybridized carbons (Fsp3) is 0.312. The maximum absolute atomic E-state index is 11.3. The summed E-state index contributed by atoms with van der Waals surface area (Å²) in [4.78, 5) is 21.8. The van der Waals surface area contributed by atoms with E-state index in [1.165, 1.54) is 6.92 Å². The summed E-state index contributed by atoms with van der Waals surface area (Å²) in [5, 5.41) is 9.90. The Kier molecular flexibility index (Phi) is 4.92. The van der Waals surface area contributed by atoms with Crippen LogP contribution in [0.3, 0.4) is 0 Å². The standard InChI is InChI=1S/C16H17N3O3/c1-10(9-20)22-13-6-14-12(7-18-16(14)19-8-13)4-5-15(17-3)11(2)21/h5-8,10,20H,4,9H2,1-2H3,(H,18,19)/b15-5-. The van der Waals surface area contributed by atoms with Gasteiger partial charge in [0.15, 0.2) is 5.78 Å². The zero-order valence-corrected chi connectivity index (χ0v) is 12.5. The molecule has 2 rings (SSSR count). The lowest BCUT2D eigenvalue weighted by atomic mass is 10.1. The van der Waals surface area contributed by atoms with Crippen molar-refractivity contribution in [3.05, 3.63) is 47.2 Å². The summed E-state index contributed by atoms with van der Waals surface area (Å²) < 4.78 is 5.54. The van der Waals surface area contributed by atoms with Gasteiger partial charge in [-0.3, -0.25) is 0 Å². The van der Waals surface area contributed by atoms with Gasteiger partial charge in [0, 0.05) is 11.6 Å². The maximum Gasteiger partial charge on any atom is 0.225 e. The van der Waals surface area contributed by atoms with Crippen LogP contribution in [0.2, 0.25) is 0 Å². The molecule has 0 aromatic carbocycles. The molecule has 0 fully saturated rings. The van der Waals surface area contributed by atoms with E-state index >= 15 is 0 Å². The van der Waals surface area contributed by atoms with Gasteiger partial charge in [0.1, 0.15) is 17.5 Å². The third-order valence-electron chi connectivity index (χ3n) is 3.18. The summed E-state index contributed by atoms with van der Waals surface area (Å²) in [6.07, 6.45) is 5.15. The number of carbonyl (C=O) groups excluding carboxylic acids is 1. The summed E-state index contributed by atoms with van der Waals surface area (Å²) in [6.45, 7) is 10.1. The Balaban J connectivity index is 2.29. The largest absolute Gasteiger partial charge is 0.487 e. The van der Waals surface area contributed by atoms with Gasteiger partial charge >= 0.3 is 0 Å². The molecule has 0 radical (unpaired) electrons. The number of hydrogen-bond donors (Lipinski definition) is 2. The lowest BCUT2D eigenvalue weighted by molar-refractivity contribution is -0.113. The molecule has 0 aliphatic carbocycles. The molecule has 114 valence electrons. The first-order chi connectivity index (χ1) is 10.5. The Bertz CT molecular complexity index is 756. The van der Waals surface area contributed by atoms with Crippen molar-refractivity contribution in [3.63, 3.8) is 0 Å². The number of allylic oxidation sites excluding steroid dienone is 2. The number of ketones is 1.